The molecular formula is C9H11IO3. The van der Waals surface area contributed by atoms with Gasteiger partial charge in [0.2, 0.25) is 0 Å². The summed E-state index contributed by atoms with van der Waals surface area (Å²) in [6, 6.07) is 0. The Morgan fingerprint density at radius 2 is 2.31 bits per heavy atom. The molecule has 0 aromatic heterocycles. The maximum atomic E-state index is 11.5. The Morgan fingerprint density at radius 1 is 1.54 bits per heavy atom. The molecule has 1 aliphatic heterocycles. The minimum atomic E-state index is -0.0595. The van der Waals surface area contributed by atoms with E-state index >= 15 is 0 Å². The van der Waals surface area contributed by atoms with Gasteiger partial charge in [-0.2, -0.15) is 0 Å². The van der Waals surface area contributed by atoms with Crippen LogP contribution in [0.15, 0.2) is 0 Å². The number of alkyl halides is 1. The van der Waals surface area contributed by atoms with Crippen LogP contribution >= 0.6 is 22.6 Å². The van der Waals surface area contributed by atoms with Gasteiger partial charge >= 0.3 is 5.97 Å². The fourth-order valence-corrected chi connectivity index (χ4v) is 4.87. The van der Waals surface area contributed by atoms with Crippen molar-refractivity contribution < 1.29 is 14.6 Å². The molecule has 6 atom stereocenters. The van der Waals surface area contributed by atoms with E-state index in [1.54, 1.807) is 0 Å². The third-order valence-corrected chi connectivity index (χ3v) is 5.53. The molecule has 0 spiro atoms. The molecule has 0 unspecified atom stereocenters. The Bertz CT molecular complexity index is 268. The second-order valence-electron chi connectivity index (χ2n) is 4.28. The second kappa shape index (κ2) is 2.59. The van der Waals surface area contributed by atoms with Crippen molar-refractivity contribution in [1.29, 1.82) is 0 Å². The van der Waals surface area contributed by atoms with Gasteiger partial charge in [0.15, 0.2) is 0 Å². The molecule has 3 rings (SSSR count). The maximum Gasteiger partial charge on any atom is 0.310 e. The minimum Gasteiger partial charge on any atom is -0.461 e. The largest absolute Gasteiger partial charge is 0.461 e. The van der Waals surface area contributed by atoms with Gasteiger partial charge in [0.25, 0.3) is 0 Å². The highest BCUT2D eigenvalue weighted by Gasteiger charge is 2.65. The van der Waals surface area contributed by atoms with Crippen LogP contribution in [-0.4, -0.2) is 27.7 Å². The van der Waals surface area contributed by atoms with Crippen LogP contribution in [0.2, 0.25) is 0 Å². The van der Waals surface area contributed by atoms with Gasteiger partial charge in [-0.15, -0.1) is 0 Å². The average Bonchev–Trinajstić information content (AvgIpc) is 2.68. The Kier molecular flexibility index (Phi) is 1.69. The van der Waals surface area contributed by atoms with Gasteiger partial charge < -0.3 is 9.84 Å². The van der Waals surface area contributed by atoms with Crippen molar-refractivity contribution in [3.05, 3.63) is 0 Å². The highest BCUT2D eigenvalue weighted by Crippen LogP contribution is 2.59. The van der Waals surface area contributed by atoms with Crippen LogP contribution in [-0.2, 0) is 9.53 Å². The molecule has 3 nitrogen and oxygen atoms in total. The van der Waals surface area contributed by atoms with E-state index in [9.17, 15) is 9.90 Å². The molecule has 0 aromatic rings. The molecule has 0 aromatic carbocycles. The Hall–Kier alpha value is 0.160. The lowest BCUT2D eigenvalue weighted by atomic mass is 9.80. The summed E-state index contributed by atoms with van der Waals surface area (Å²) in [5.41, 5.74) is 0. The number of ether oxygens (including phenoxy) is 1. The molecule has 1 N–H and O–H groups in total. The SMILES string of the molecule is O=C1O[C@@H]2[C@@H](I)[C@H]3C[C@H]2[C@@H]1[C@H]3CO. The number of carbonyl (C=O) groups is 1. The topological polar surface area (TPSA) is 46.5 Å². The van der Waals surface area contributed by atoms with E-state index in [-0.39, 0.29) is 30.5 Å². The summed E-state index contributed by atoms with van der Waals surface area (Å²) in [7, 11) is 0. The molecular weight excluding hydrogens is 283 g/mol. The summed E-state index contributed by atoms with van der Waals surface area (Å²) in [5, 5.41) is 9.23. The Morgan fingerprint density at radius 3 is 3.00 bits per heavy atom. The zero-order chi connectivity index (χ0) is 9.16. The molecule has 3 fully saturated rings. The lowest BCUT2D eigenvalue weighted by Gasteiger charge is -2.26. The van der Waals surface area contributed by atoms with Crippen LogP contribution in [0.25, 0.3) is 0 Å². The van der Waals surface area contributed by atoms with Crippen LogP contribution < -0.4 is 0 Å². The van der Waals surface area contributed by atoms with Crippen molar-refractivity contribution in [3.8, 4) is 0 Å². The summed E-state index contributed by atoms with van der Waals surface area (Å²) >= 11 is 2.37. The van der Waals surface area contributed by atoms with Crippen molar-refractivity contribution in [2.75, 3.05) is 6.61 Å². The zero-order valence-corrected chi connectivity index (χ0v) is 9.18. The number of fused-ring (bicyclic) bond motifs is 1. The van der Waals surface area contributed by atoms with Crippen molar-refractivity contribution >= 4 is 28.6 Å². The second-order valence-corrected chi connectivity index (χ2v) is 5.72. The first kappa shape index (κ1) is 8.47. The van der Waals surface area contributed by atoms with Crippen molar-refractivity contribution in [3.63, 3.8) is 0 Å². The molecule has 13 heavy (non-hydrogen) atoms. The van der Waals surface area contributed by atoms with Gasteiger partial charge in [-0.25, -0.2) is 0 Å². The third kappa shape index (κ3) is 0.862. The van der Waals surface area contributed by atoms with E-state index < -0.39 is 0 Å². The van der Waals surface area contributed by atoms with Crippen molar-refractivity contribution in [2.45, 2.75) is 16.4 Å². The van der Waals surface area contributed by atoms with Gasteiger partial charge in [-0.1, -0.05) is 22.6 Å². The highest BCUT2D eigenvalue weighted by atomic mass is 127. The van der Waals surface area contributed by atoms with Crippen LogP contribution in [0, 0.1) is 23.7 Å². The number of halogens is 1. The van der Waals surface area contributed by atoms with Gasteiger partial charge in [0, 0.05) is 12.5 Å². The first-order valence-electron chi connectivity index (χ1n) is 4.69. The summed E-state index contributed by atoms with van der Waals surface area (Å²) in [6.45, 7) is 0.146. The van der Waals surface area contributed by atoms with Gasteiger partial charge in [0.1, 0.15) is 6.10 Å². The Labute approximate surface area is 90.0 Å². The number of aliphatic hydroxyl groups excluding tert-OH is 1. The van der Waals surface area contributed by atoms with E-state index in [4.69, 9.17) is 4.74 Å². The number of esters is 1. The normalized spacial score (nSPS) is 57.2. The Balaban J connectivity index is 2.01. The third-order valence-electron chi connectivity index (χ3n) is 3.90. The molecule has 3 aliphatic rings. The van der Waals surface area contributed by atoms with E-state index in [0.717, 1.165) is 6.42 Å². The van der Waals surface area contributed by atoms with Gasteiger partial charge in [-0.3, -0.25) is 4.79 Å². The van der Waals surface area contributed by atoms with E-state index in [0.29, 0.717) is 15.8 Å². The summed E-state index contributed by atoms with van der Waals surface area (Å²) in [6.07, 6.45) is 1.24. The molecule has 2 bridgehead atoms. The highest BCUT2D eigenvalue weighted by molar-refractivity contribution is 14.1. The number of hydrogen-bond donors (Lipinski definition) is 1. The molecule has 2 saturated carbocycles. The predicted molar refractivity (Wildman–Crippen MR) is 53.4 cm³/mol. The number of carbonyl (C=O) groups excluding carboxylic acids is 1. The molecule has 0 radical (unpaired) electrons. The molecule has 1 heterocycles. The van der Waals surface area contributed by atoms with Gasteiger partial charge in [-0.05, 0) is 18.3 Å². The minimum absolute atomic E-state index is 0.0195. The first-order chi connectivity index (χ1) is 6.24. The van der Waals surface area contributed by atoms with Crippen LogP contribution in [0.1, 0.15) is 6.42 Å². The van der Waals surface area contributed by atoms with Gasteiger partial charge in [0.05, 0.1) is 9.84 Å². The van der Waals surface area contributed by atoms with Crippen LogP contribution in [0.5, 0.6) is 0 Å². The molecule has 2 aliphatic carbocycles. The molecule has 1 saturated heterocycles. The van der Waals surface area contributed by atoms with Crippen molar-refractivity contribution in [1.82, 2.24) is 0 Å². The van der Waals surface area contributed by atoms with Crippen LogP contribution in [0.4, 0.5) is 0 Å². The summed E-state index contributed by atoms with van der Waals surface area (Å²) in [5.74, 6) is 1.06. The van der Waals surface area contributed by atoms with E-state index in [1.807, 2.05) is 0 Å². The monoisotopic (exact) mass is 294 g/mol. The van der Waals surface area contributed by atoms with E-state index in [1.165, 1.54) is 0 Å². The molecule has 72 valence electrons. The fraction of sp³-hybridized carbons (Fsp3) is 0.889. The molecule has 0 amide bonds. The quantitative estimate of drug-likeness (QED) is 0.437. The standard InChI is InChI=1S/C9H11IO3/c10-7-3-1-4-6(5(3)2-11)9(12)13-8(4)7/h3-8,11H,1-2H2/t3-,4-,5-,6+,7-,8-/m0/s1. The maximum absolute atomic E-state index is 11.5. The smallest absolute Gasteiger partial charge is 0.310 e. The lowest BCUT2D eigenvalue weighted by molar-refractivity contribution is -0.144. The fourth-order valence-electron chi connectivity index (χ4n) is 3.37. The van der Waals surface area contributed by atoms with Crippen LogP contribution in [0.3, 0.4) is 0 Å². The number of aliphatic hydroxyl groups is 1. The van der Waals surface area contributed by atoms with E-state index in [2.05, 4.69) is 22.6 Å². The number of rotatable bonds is 1. The molecule has 4 heteroatoms. The average molecular weight is 294 g/mol. The summed E-state index contributed by atoms with van der Waals surface area (Å²) in [4.78, 5) is 11.5. The zero-order valence-electron chi connectivity index (χ0n) is 7.02. The van der Waals surface area contributed by atoms with Crippen molar-refractivity contribution in [2.24, 2.45) is 23.7 Å². The number of hydrogen-bond acceptors (Lipinski definition) is 3. The summed E-state index contributed by atoms with van der Waals surface area (Å²) < 4.78 is 5.76. The first-order valence-corrected chi connectivity index (χ1v) is 5.94. The lowest BCUT2D eigenvalue weighted by Crippen LogP contribution is -2.35. The predicted octanol–water partition coefficient (Wildman–Crippen LogP) is 0.590.